The Kier molecular flexibility index (Phi) is 3.50. The number of halogens is 1. The van der Waals surface area contributed by atoms with Crippen LogP contribution < -0.4 is 4.72 Å². The summed E-state index contributed by atoms with van der Waals surface area (Å²) in [5, 5.41) is 0. The average molecular weight is 284 g/mol. The predicted molar refractivity (Wildman–Crippen MR) is 58.4 cm³/mol. The SMILES string of the molecule is C[C@@H](NS(C)(=O)=O)c1ccc(Br)s1. The Labute approximate surface area is 90.3 Å². The van der Waals surface area contributed by atoms with E-state index in [4.69, 9.17) is 0 Å². The molecule has 0 aliphatic carbocycles. The van der Waals surface area contributed by atoms with Crippen LogP contribution in [0, 0.1) is 0 Å². The van der Waals surface area contributed by atoms with Gasteiger partial charge in [0.2, 0.25) is 10.0 Å². The zero-order valence-electron chi connectivity index (χ0n) is 7.24. The number of hydrogen-bond donors (Lipinski definition) is 1. The highest BCUT2D eigenvalue weighted by molar-refractivity contribution is 9.11. The second-order valence-electron chi connectivity index (χ2n) is 2.75. The standard InChI is InChI=1S/C7H10BrNO2S2/c1-5(9-13(2,10)11)6-3-4-7(8)12-6/h3-5,9H,1-2H3/t5-/m1/s1. The lowest BCUT2D eigenvalue weighted by Crippen LogP contribution is -2.24. The predicted octanol–water partition coefficient (Wildman–Crippen LogP) is 2.12. The van der Waals surface area contributed by atoms with Crippen molar-refractivity contribution in [1.82, 2.24) is 4.72 Å². The maximum Gasteiger partial charge on any atom is 0.209 e. The lowest BCUT2D eigenvalue weighted by molar-refractivity contribution is 0.575. The third-order valence-corrected chi connectivity index (χ3v) is 4.00. The zero-order valence-corrected chi connectivity index (χ0v) is 10.5. The van der Waals surface area contributed by atoms with Gasteiger partial charge in [0.25, 0.3) is 0 Å². The Morgan fingerprint density at radius 3 is 2.54 bits per heavy atom. The zero-order chi connectivity index (χ0) is 10.1. The summed E-state index contributed by atoms with van der Waals surface area (Å²) in [6.07, 6.45) is 1.16. The van der Waals surface area contributed by atoms with Gasteiger partial charge in [-0.3, -0.25) is 0 Å². The summed E-state index contributed by atoms with van der Waals surface area (Å²) in [6.45, 7) is 1.82. The number of sulfonamides is 1. The van der Waals surface area contributed by atoms with Crippen LogP contribution in [0.15, 0.2) is 15.9 Å². The molecule has 1 aromatic rings. The summed E-state index contributed by atoms with van der Waals surface area (Å²) in [5.74, 6) is 0. The minimum Gasteiger partial charge on any atom is -0.213 e. The molecule has 0 aliphatic heterocycles. The highest BCUT2D eigenvalue weighted by atomic mass is 79.9. The maximum atomic E-state index is 10.9. The molecule has 0 aliphatic rings. The minimum absolute atomic E-state index is 0.161. The molecule has 0 fully saturated rings. The van der Waals surface area contributed by atoms with Gasteiger partial charge < -0.3 is 0 Å². The third-order valence-electron chi connectivity index (χ3n) is 1.41. The summed E-state index contributed by atoms with van der Waals surface area (Å²) in [7, 11) is -3.12. The van der Waals surface area contributed by atoms with Crippen molar-refractivity contribution < 1.29 is 8.42 Å². The molecule has 1 rings (SSSR count). The fourth-order valence-corrected chi connectivity index (χ4v) is 3.21. The highest BCUT2D eigenvalue weighted by Crippen LogP contribution is 2.27. The molecule has 1 atom stereocenters. The largest absolute Gasteiger partial charge is 0.213 e. The van der Waals surface area contributed by atoms with Crippen LogP contribution >= 0.6 is 27.3 Å². The summed E-state index contributed by atoms with van der Waals surface area (Å²) >= 11 is 4.85. The highest BCUT2D eigenvalue weighted by Gasteiger charge is 2.12. The molecule has 0 saturated carbocycles. The molecule has 1 heterocycles. The average Bonchev–Trinajstić information content (AvgIpc) is 2.31. The molecular weight excluding hydrogens is 274 g/mol. The topological polar surface area (TPSA) is 46.2 Å². The molecule has 0 spiro atoms. The van der Waals surface area contributed by atoms with Crippen molar-refractivity contribution in [1.29, 1.82) is 0 Å². The molecule has 6 heteroatoms. The van der Waals surface area contributed by atoms with Crippen LogP contribution in [0.5, 0.6) is 0 Å². The van der Waals surface area contributed by atoms with Crippen molar-refractivity contribution >= 4 is 37.3 Å². The Bertz CT molecular complexity index is 385. The van der Waals surface area contributed by atoms with Gasteiger partial charge in [0.05, 0.1) is 16.1 Å². The van der Waals surface area contributed by atoms with Crippen molar-refractivity contribution in [2.24, 2.45) is 0 Å². The van der Waals surface area contributed by atoms with Crippen LogP contribution in [0.1, 0.15) is 17.8 Å². The first-order valence-corrected chi connectivity index (χ1v) is 7.11. The molecule has 0 bridgehead atoms. The monoisotopic (exact) mass is 283 g/mol. The first-order valence-electron chi connectivity index (χ1n) is 3.61. The van der Waals surface area contributed by atoms with Gasteiger partial charge in [0, 0.05) is 4.88 Å². The van der Waals surface area contributed by atoms with E-state index in [2.05, 4.69) is 20.7 Å². The molecule has 3 nitrogen and oxygen atoms in total. The van der Waals surface area contributed by atoms with Gasteiger partial charge in [-0.05, 0) is 35.0 Å². The summed E-state index contributed by atoms with van der Waals surface area (Å²) in [6, 6.07) is 3.64. The number of hydrogen-bond acceptors (Lipinski definition) is 3. The first-order chi connectivity index (χ1) is 5.88. The van der Waals surface area contributed by atoms with E-state index >= 15 is 0 Å². The van der Waals surface area contributed by atoms with Crippen LogP contribution in [0.4, 0.5) is 0 Å². The van der Waals surface area contributed by atoms with Gasteiger partial charge in [-0.1, -0.05) is 0 Å². The second-order valence-corrected chi connectivity index (χ2v) is 7.03. The van der Waals surface area contributed by atoms with Crippen molar-refractivity contribution in [2.75, 3.05) is 6.26 Å². The molecule has 0 unspecified atom stereocenters. The molecule has 1 aromatic heterocycles. The van der Waals surface area contributed by atoms with Crippen LogP contribution in [0.2, 0.25) is 0 Å². The molecule has 74 valence electrons. The molecule has 0 aromatic carbocycles. The Hall–Kier alpha value is 0.0900. The van der Waals surface area contributed by atoms with E-state index < -0.39 is 10.0 Å². The molecule has 1 N–H and O–H groups in total. The third kappa shape index (κ3) is 3.76. The Morgan fingerprint density at radius 2 is 2.15 bits per heavy atom. The lowest BCUT2D eigenvalue weighted by Gasteiger charge is -2.08. The van der Waals surface area contributed by atoms with E-state index in [1.807, 2.05) is 19.1 Å². The van der Waals surface area contributed by atoms with Crippen molar-refractivity contribution in [2.45, 2.75) is 13.0 Å². The van der Waals surface area contributed by atoms with Gasteiger partial charge in [-0.25, -0.2) is 13.1 Å². The molecular formula is C7H10BrNO2S2. The van der Waals surface area contributed by atoms with Crippen LogP contribution in [0.25, 0.3) is 0 Å². The van der Waals surface area contributed by atoms with E-state index in [0.29, 0.717) is 0 Å². The van der Waals surface area contributed by atoms with E-state index in [0.717, 1.165) is 14.9 Å². The number of thiophene rings is 1. The lowest BCUT2D eigenvalue weighted by atomic mass is 10.3. The van der Waals surface area contributed by atoms with E-state index in [1.165, 1.54) is 11.3 Å². The summed E-state index contributed by atoms with van der Waals surface area (Å²) < 4.78 is 25.3. The van der Waals surface area contributed by atoms with Crippen LogP contribution in [-0.4, -0.2) is 14.7 Å². The first kappa shape index (κ1) is 11.2. The molecule has 0 saturated heterocycles. The summed E-state index contributed by atoms with van der Waals surface area (Å²) in [4.78, 5) is 0.998. The molecule has 13 heavy (non-hydrogen) atoms. The van der Waals surface area contributed by atoms with E-state index in [9.17, 15) is 8.42 Å². The fourth-order valence-electron chi connectivity index (χ4n) is 0.940. The normalized spacial score (nSPS) is 14.4. The smallest absolute Gasteiger partial charge is 0.209 e. The Balaban J connectivity index is 2.75. The molecule has 0 amide bonds. The quantitative estimate of drug-likeness (QED) is 0.924. The van der Waals surface area contributed by atoms with Crippen LogP contribution in [0.3, 0.4) is 0 Å². The van der Waals surface area contributed by atoms with Gasteiger partial charge >= 0.3 is 0 Å². The Morgan fingerprint density at radius 1 is 1.54 bits per heavy atom. The van der Waals surface area contributed by atoms with Gasteiger partial charge in [0.1, 0.15) is 0 Å². The van der Waals surface area contributed by atoms with Crippen molar-refractivity contribution in [3.05, 3.63) is 20.8 Å². The van der Waals surface area contributed by atoms with Crippen LogP contribution in [-0.2, 0) is 10.0 Å². The van der Waals surface area contributed by atoms with Gasteiger partial charge in [-0.15, -0.1) is 11.3 Å². The van der Waals surface area contributed by atoms with Crippen molar-refractivity contribution in [3.8, 4) is 0 Å². The maximum absolute atomic E-state index is 10.9. The molecule has 0 radical (unpaired) electrons. The second kappa shape index (κ2) is 4.08. The number of rotatable bonds is 3. The van der Waals surface area contributed by atoms with Crippen molar-refractivity contribution in [3.63, 3.8) is 0 Å². The minimum atomic E-state index is -3.12. The summed E-state index contributed by atoms with van der Waals surface area (Å²) in [5.41, 5.74) is 0. The van der Waals surface area contributed by atoms with Gasteiger partial charge in [0.15, 0.2) is 0 Å². The fraction of sp³-hybridized carbons (Fsp3) is 0.429. The van der Waals surface area contributed by atoms with Gasteiger partial charge in [-0.2, -0.15) is 0 Å². The van der Waals surface area contributed by atoms with E-state index in [-0.39, 0.29) is 6.04 Å². The number of nitrogens with one attached hydrogen (secondary N) is 1. The van der Waals surface area contributed by atoms with E-state index in [1.54, 1.807) is 0 Å².